The van der Waals surface area contributed by atoms with Gasteiger partial charge < -0.3 is 10.1 Å². The topological polar surface area (TPSA) is 21.3 Å². The smallest absolute Gasteiger partial charge is 0.0753 e. The van der Waals surface area contributed by atoms with Gasteiger partial charge in [-0.25, -0.2) is 0 Å². The molecule has 0 aliphatic carbocycles. The fourth-order valence-electron chi connectivity index (χ4n) is 2.48. The fraction of sp³-hybridized carbons (Fsp3) is 0.625. The number of benzene rings is 1. The molecule has 1 aromatic rings. The number of likely N-dealkylation sites (N-methyl/N-ethyl adjacent to an activating group) is 1. The van der Waals surface area contributed by atoms with Crippen LogP contribution in [0.1, 0.15) is 33.3 Å². The zero-order chi connectivity index (χ0) is 15.1. The van der Waals surface area contributed by atoms with E-state index < -0.39 is 0 Å². The molecule has 0 amide bonds. The Morgan fingerprint density at radius 2 is 1.75 bits per heavy atom. The van der Waals surface area contributed by atoms with Gasteiger partial charge in [-0.05, 0) is 43.5 Å². The normalized spacial score (nSPS) is 14.6. The Labute approximate surface area is 132 Å². The van der Waals surface area contributed by atoms with E-state index >= 15 is 0 Å². The van der Waals surface area contributed by atoms with Gasteiger partial charge in [0.05, 0.1) is 6.10 Å². The summed E-state index contributed by atoms with van der Waals surface area (Å²) in [5.74, 6) is 0.431. The van der Waals surface area contributed by atoms with Crippen molar-refractivity contribution < 1.29 is 4.74 Å². The summed E-state index contributed by atoms with van der Waals surface area (Å²) in [5.41, 5.74) is 0.993. The van der Waals surface area contributed by atoms with Gasteiger partial charge in [-0.3, -0.25) is 0 Å². The molecule has 1 N–H and O–H groups in total. The molecule has 2 nitrogen and oxygen atoms in total. The molecule has 0 bridgehead atoms. The third kappa shape index (κ3) is 4.92. The van der Waals surface area contributed by atoms with Gasteiger partial charge in [-0.15, -0.1) is 0 Å². The standard InChI is InChI=1S/C16H25Cl2NO/c1-5-19-15(16(11(3)4)20-6-2)10-12-13(17)8-7-9-14(12)18/h7-9,11,15-16,19H,5-6,10H2,1-4H3. The SMILES string of the molecule is CCNC(Cc1c(Cl)cccc1Cl)C(OCC)C(C)C. The van der Waals surface area contributed by atoms with Crippen molar-refractivity contribution in [3.63, 3.8) is 0 Å². The molecule has 0 spiro atoms. The molecule has 1 rings (SSSR count). The Morgan fingerprint density at radius 1 is 1.15 bits per heavy atom. The van der Waals surface area contributed by atoms with Crippen LogP contribution in [-0.4, -0.2) is 25.3 Å². The van der Waals surface area contributed by atoms with Gasteiger partial charge in [0.1, 0.15) is 0 Å². The van der Waals surface area contributed by atoms with E-state index in [-0.39, 0.29) is 12.1 Å². The van der Waals surface area contributed by atoms with Crippen LogP contribution >= 0.6 is 23.2 Å². The van der Waals surface area contributed by atoms with E-state index in [4.69, 9.17) is 27.9 Å². The third-order valence-electron chi connectivity index (χ3n) is 3.36. The Hall–Kier alpha value is -0.280. The minimum atomic E-state index is 0.146. The molecular formula is C16H25Cl2NO. The average Bonchev–Trinajstić information content (AvgIpc) is 2.39. The lowest BCUT2D eigenvalue weighted by molar-refractivity contribution is 0.00396. The van der Waals surface area contributed by atoms with Crippen LogP contribution in [0.2, 0.25) is 10.0 Å². The number of hydrogen-bond donors (Lipinski definition) is 1. The molecule has 0 radical (unpaired) electrons. The molecule has 0 heterocycles. The molecule has 0 saturated carbocycles. The summed E-state index contributed by atoms with van der Waals surface area (Å²) in [4.78, 5) is 0. The third-order valence-corrected chi connectivity index (χ3v) is 4.07. The van der Waals surface area contributed by atoms with Gasteiger partial charge in [0.2, 0.25) is 0 Å². The Bertz CT molecular complexity index is 389. The van der Waals surface area contributed by atoms with E-state index in [1.807, 2.05) is 25.1 Å². The highest BCUT2D eigenvalue weighted by molar-refractivity contribution is 6.36. The Kier molecular flexibility index (Phi) is 7.90. The number of rotatable bonds is 8. The van der Waals surface area contributed by atoms with E-state index in [1.165, 1.54) is 0 Å². The highest BCUT2D eigenvalue weighted by Crippen LogP contribution is 2.27. The van der Waals surface area contributed by atoms with Crippen molar-refractivity contribution in [3.8, 4) is 0 Å². The van der Waals surface area contributed by atoms with Crippen molar-refractivity contribution in [2.45, 2.75) is 46.3 Å². The summed E-state index contributed by atoms with van der Waals surface area (Å²) in [6.07, 6.45) is 0.919. The summed E-state index contributed by atoms with van der Waals surface area (Å²) in [6.45, 7) is 10.1. The summed E-state index contributed by atoms with van der Waals surface area (Å²) >= 11 is 12.6. The fourth-order valence-corrected chi connectivity index (χ4v) is 3.03. The predicted octanol–water partition coefficient (Wildman–Crippen LogP) is 4.58. The van der Waals surface area contributed by atoms with Gasteiger partial charge in [-0.1, -0.05) is 50.0 Å². The second-order valence-corrected chi connectivity index (χ2v) is 6.05. The highest BCUT2D eigenvalue weighted by Gasteiger charge is 2.26. The van der Waals surface area contributed by atoms with Crippen LogP contribution < -0.4 is 5.32 Å². The first kappa shape index (κ1) is 17.8. The van der Waals surface area contributed by atoms with Crippen LogP contribution in [-0.2, 0) is 11.2 Å². The molecule has 20 heavy (non-hydrogen) atoms. The van der Waals surface area contributed by atoms with Crippen molar-refractivity contribution in [2.24, 2.45) is 5.92 Å². The highest BCUT2D eigenvalue weighted by atomic mass is 35.5. The van der Waals surface area contributed by atoms with Gasteiger partial charge in [0.15, 0.2) is 0 Å². The Balaban J connectivity index is 2.95. The molecule has 0 saturated heterocycles. The maximum atomic E-state index is 6.28. The van der Waals surface area contributed by atoms with Crippen LogP contribution in [0.5, 0.6) is 0 Å². The first-order chi connectivity index (χ1) is 9.51. The van der Waals surface area contributed by atoms with E-state index in [1.54, 1.807) is 0 Å². The first-order valence-corrected chi connectivity index (χ1v) is 8.04. The summed E-state index contributed by atoms with van der Waals surface area (Å²) in [7, 11) is 0. The van der Waals surface area contributed by atoms with Crippen molar-refractivity contribution in [1.82, 2.24) is 5.32 Å². The van der Waals surface area contributed by atoms with Gasteiger partial charge in [0.25, 0.3) is 0 Å². The molecule has 0 aromatic heterocycles. The Morgan fingerprint density at radius 3 is 2.20 bits per heavy atom. The van der Waals surface area contributed by atoms with Crippen LogP contribution in [0.4, 0.5) is 0 Å². The zero-order valence-corrected chi connectivity index (χ0v) is 14.3. The minimum absolute atomic E-state index is 0.146. The van der Waals surface area contributed by atoms with Crippen molar-refractivity contribution >= 4 is 23.2 Å². The first-order valence-electron chi connectivity index (χ1n) is 7.29. The van der Waals surface area contributed by atoms with Crippen molar-refractivity contribution in [3.05, 3.63) is 33.8 Å². The van der Waals surface area contributed by atoms with Crippen molar-refractivity contribution in [1.29, 1.82) is 0 Å². The average molecular weight is 318 g/mol. The maximum absolute atomic E-state index is 6.28. The lowest BCUT2D eigenvalue weighted by Gasteiger charge is -2.31. The van der Waals surface area contributed by atoms with Crippen LogP contribution in [0, 0.1) is 5.92 Å². The predicted molar refractivity (Wildman–Crippen MR) is 87.9 cm³/mol. The van der Waals surface area contributed by atoms with E-state index in [0.717, 1.165) is 28.6 Å². The van der Waals surface area contributed by atoms with E-state index in [2.05, 4.69) is 26.1 Å². The number of ether oxygens (including phenoxy) is 1. The van der Waals surface area contributed by atoms with Gasteiger partial charge in [0, 0.05) is 22.7 Å². The molecule has 114 valence electrons. The lowest BCUT2D eigenvalue weighted by atomic mass is 9.93. The molecular weight excluding hydrogens is 293 g/mol. The zero-order valence-electron chi connectivity index (χ0n) is 12.7. The molecule has 4 heteroatoms. The van der Waals surface area contributed by atoms with E-state index in [0.29, 0.717) is 12.5 Å². The van der Waals surface area contributed by atoms with Gasteiger partial charge >= 0.3 is 0 Å². The molecule has 0 aliphatic rings. The van der Waals surface area contributed by atoms with Crippen LogP contribution in [0.3, 0.4) is 0 Å². The van der Waals surface area contributed by atoms with Crippen LogP contribution in [0.25, 0.3) is 0 Å². The van der Waals surface area contributed by atoms with Gasteiger partial charge in [-0.2, -0.15) is 0 Å². The maximum Gasteiger partial charge on any atom is 0.0753 e. The number of halogens is 2. The molecule has 0 fully saturated rings. The van der Waals surface area contributed by atoms with Crippen LogP contribution in [0.15, 0.2) is 18.2 Å². The molecule has 1 aromatic carbocycles. The summed E-state index contributed by atoms with van der Waals surface area (Å²) in [5, 5.41) is 4.95. The second-order valence-electron chi connectivity index (χ2n) is 5.23. The van der Waals surface area contributed by atoms with Crippen molar-refractivity contribution in [2.75, 3.05) is 13.2 Å². The molecule has 2 atom stereocenters. The molecule has 2 unspecified atom stereocenters. The monoisotopic (exact) mass is 317 g/mol. The van der Waals surface area contributed by atoms with E-state index in [9.17, 15) is 0 Å². The number of hydrogen-bond acceptors (Lipinski definition) is 2. The quantitative estimate of drug-likeness (QED) is 0.758. The summed E-state index contributed by atoms with van der Waals surface area (Å²) < 4.78 is 5.92. The molecule has 0 aliphatic heterocycles. The largest absolute Gasteiger partial charge is 0.377 e. The summed E-state index contributed by atoms with van der Waals surface area (Å²) in [6, 6.07) is 5.85. The minimum Gasteiger partial charge on any atom is -0.377 e. The second kappa shape index (κ2) is 8.89. The number of nitrogens with one attached hydrogen (secondary N) is 1. The lowest BCUT2D eigenvalue weighted by Crippen LogP contribution is -2.45.